The fourth-order valence-electron chi connectivity index (χ4n) is 3.55. The molecule has 24 heavy (non-hydrogen) atoms. The maximum Gasteiger partial charge on any atom is 0.266 e. The van der Waals surface area contributed by atoms with Gasteiger partial charge in [-0.1, -0.05) is 24.3 Å². The highest BCUT2D eigenvalue weighted by Gasteiger charge is 2.37. The van der Waals surface area contributed by atoms with Crippen LogP contribution in [0.5, 0.6) is 0 Å². The average molecular weight is 324 g/mol. The zero-order valence-corrected chi connectivity index (χ0v) is 12.9. The number of imidazole rings is 1. The molecule has 0 spiro atoms. The monoisotopic (exact) mass is 324 g/mol. The number of Topliss-reactive ketones (excluding diaryl/α,β-unsaturated/α-hetero) is 1. The van der Waals surface area contributed by atoms with E-state index in [1.165, 1.54) is 6.20 Å². The Morgan fingerprint density at radius 1 is 1.21 bits per heavy atom. The molecule has 0 radical (unpaired) electrons. The van der Waals surface area contributed by atoms with E-state index in [9.17, 15) is 14.4 Å². The molecule has 122 valence electrons. The molecule has 1 aliphatic carbocycles. The number of carbonyl (C=O) groups is 3. The minimum absolute atomic E-state index is 0.0125. The fraction of sp³-hybridized carbons (Fsp3) is 0.294. The van der Waals surface area contributed by atoms with Crippen LogP contribution in [0.4, 0.5) is 0 Å². The van der Waals surface area contributed by atoms with Crippen LogP contribution in [0.3, 0.4) is 0 Å². The number of primary amides is 1. The molecule has 0 unspecified atom stereocenters. The lowest BCUT2D eigenvalue weighted by atomic mass is 9.99. The number of nitrogens with zero attached hydrogens (tertiary/aromatic N) is 3. The molecule has 4 rings (SSSR count). The van der Waals surface area contributed by atoms with Crippen molar-refractivity contribution < 1.29 is 14.4 Å². The number of hydrogen-bond donors (Lipinski definition) is 1. The van der Waals surface area contributed by atoms with Crippen LogP contribution >= 0.6 is 0 Å². The number of fused-ring (bicyclic) bond motifs is 2. The van der Waals surface area contributed by atoms with E-state index in [4.69, 9.17) is 5.73 Å². The number of rotatable bonds is 2. The molecule has 2 heterocycles. The molecule has 7 nitrogen and oxygen atoms in total. The van der Waals surface area contributed by atoms with Gasteiger partial charge in [-0.2, -0.15) is 0 Å². The van der Waals surface area contributed by atoms with Crippen LogP contribution in [-0.4, -0.2) is 38.6 Å². The Morgan fingerprint density at radius 2 is 2.00 bits per heavy atom. The third-order valence-electron chi connectivity index (χ3n) is 4.75. The van der Waals surface area contributed by atoms with E-state index in [1.54, 1.807) is 15.5 Å². The molecule has 0 bridgehead atoms. The Balaban J connectivity index is 1.59. The molecular formula is C17H16N4O3. The van der Waals surface area contributed by atoms with Gasteiger partial charge in [-0.05, 0) is 5.56 Å². The number of benzene rings is 1. The van der Waals surface area contributed by atoms with Gasteiger partial charge in [0.25, 0.3) is 5.91 Å². The van der Waals surface area contributed by atoms with Crippen molar-refractivity contribution in [2.75, 3.05) is 6.54 Å². The van der Waals surface area contributed by atoms with Crippen molar-refractivity contribution in [2.45, 2.75) is 25.4 Å². The smallest absolute Gasteiger partial charge is 0.266 e. The topological polar surface area (TPSA) is 98.3 Å². The quantitative estimate of drug-likeness (QED) is 0.879. The van der Waals surface area contributed by atoms with Crippen LogP contribution in [0, 0.1) is 0 Å². The molecule has 2 N–H and O–H groups in total. The second kappa shape index (κ2) is 5.30. The van der Waals surface area contributed by atoms with Gasteiger partial charge in [0.2, 0.25) is 5.91 Å². The van der Waals surface area contributed by atoms with Crippen molar-refractivity contribution >= 4 is 17.6 Å². The van der Waals surface area contributed by atoms with Crippen molar-refractivity contribution in [1.29, 1.82) is 0 Å². The fourth-order valence-corrected chi connectivity index (χ4v) is 3.55. The van der Waals surface area contributed by atoms with E-state index in [2.05, 4.69) is 4.98 Å². The summed E-state index contributed by atoms with van der Waals surface area (Å²) in [7, 11) is 0. The highest BCUT2D eigenvalue weighted by molar-refractivity contribution is 6.06. The maximum atomic E-state index is 12.9. The molecule has 1 atom stereocenters. The van der Waals surface area contributed by atoms with Gasteiger partial charge in [0, 0.05) is 25.1 Å². The van der Waals surface area contributed by atoms with Crippen molar-refractivity contribution in [2.24, 2.45) is 5.73 Å². The summed E-state index contributed by atoms with van der Waals surface area (Å²) in [4.78, 5) is 42.3. The lowest BCUT2D eigenvalue weighted by Crippen LogP contribution is -2.41. The van der Waals surface area contributed by atoms with Gasteiger partial charge >= 0.3 is 0 Å². The zero-order valence-electron chi connectivity index (χ0n) is 12.9. The van der Waals surface area contributed by atoms with Crippen LogP contribution in [0.1, 0.15) is 44.6 Å². The van der Waals surface area contributed by atoms with Crippen LogP contribution in [0.25, 0.3) is 0 Å². The summed E-state index contributed by atoms with van der Waals surface area (Å²) in [5, 5.41) is 0. The number of aromatic nitrogens is 2. The number of ketones is 1. The minimum atomic E-state index is -0.524. The Morgan fingerprint density at radius 3 is 2.79 bits per heavy atom. The van der Waals surface area contributed by atoms with E-state index in [1.807, 2.05) is 18.2 Å². The zero-order chi connectivity index (χ0) is 16.8. The first-order valence-electron chi connectivity index (χ1n) is 7.81. The van der Waals surface area contributed by atoms with Crippen LogP contribution < -0.4 is 5.73 Å². The molecule has 0 saturated heterocycles. The van der Waals surface area contributed by atoms with E-state index in [0.29, 0.717) is 36.7 Å². The molecule has 7 heteroatoms. The summed E-state index contributed by atoms with van der Waals surface area (Å²) in [6, 6.07) is 7.28. The Hall–Kier alpha value is -2.96. The van der Waals surface area contributed by atoms with Gasteiger partial charge in [-0.25, -0.2) is 4.98 Å². The van der Waals surface area contributed by atoms with Gasteiger partial charge in [-0.15, -0.1) is 0 Å². The van der Waals surface area contributed by atoms with E-state index in [0.717, 1.165) is 5.56 Å². The first-order chi connectivity index (χ1) is 11.6. The normalized spacial score (nSPS) is 19.1. The average Bonchev–Trinajstić information content (AvgIpc) is 3.15. The predicted molar refractivity (Wildman–Crippen MR) is 84.3 cm³/mol. The number of amides is 2. The van der Waals surface area contributed by atoms with Gasteiger partial charge in [0.15, 0.2) is 5.78 Å². The predicted octanol–water partition coefficient (Wildman–Crippen LogP) is 0.694. The Labute approximate surface area is 138 Å². The SMILES string of the molecule is NC(=O)c1cnc2n1CCN(C(=O)[C@@H]1CC(=O)c3ccccc31)C2. The summed E-state index contributed by atoms with van der Waals surface area (Å²) in [5.41, 5.74) is 7.14. The third-order valence-corrected chi connectivity index (χ3v) is 4.75. The van der Waals surface area contributed by atoms with Crippen LogP contribution in [0.2, 0.25) is 0 Å². The van der Waals surface area contributed by atoms with E-state index >= 15 is 0 Å². The van der Waals surface area contributed by atoms with Gasteiger partial charge in [0.1, 0.15) is 11.5 Å². The Bertz CT molecular complexity index is 870. The third kappa shape index (κ3) is 2.12. The largest absolute Gasteiger partial charge is 0.364 e. The summed E-state index contributed by atoms with van der Waals surface area (Å²) < 4.78 is 1.75. The standard InChI is InChI=1S/C17H16N4O3/c18-16(23)13-8-19-15-9-20(5-6-21(13)15)17(24)12-7-14(22)11-4-2-1-3-10(11)12/h1-4,8,12H,5-7,9H2,(H2,18,23)/t12-/m1/s1. The second-order valence-corrected chi connectivity index (χ2v) is 6.10. The van der Waals surface area contributed by atoms with Crippen molar-refractivity contribution in [3.05, 3.63) is 53.1 Å². The minimum Gasteiger partial charge on any atom is -0.364 e. The molecule has 1 aromatic carbocycles. The molecule has 0 saturated carbocycles. The maximum absolute atomic E-state index is 12.9. The lowest BCUT2D eigenvalue weighted by molar-refractivity contribution is -0.134. The summed E-state index contributed by atoms with van der Waals surface area (Å²) in [6.45, 7) is 1.26. The molecule has 0 fully saturated rings. The van der Waals surface area contributed by atoms with E-state index in [-0.39, 0.29) is 18.1 Å². The highest BCUT2D eigenvalue weighted by atomic mass is 16.2. The van der Waals surface area contributed by atoms with Gasteiger partial charge in [0.05, 0.1) is 18.7 Å². The molecule has 1 aliphatic heterocycles. The first kappa shape index (κ1) is 14.6. The number of hydrogen-bond acceptors (Lipinski definition) is 4. The first-order valence-corrected chi connectivity index (χ1v) is 7.81. The number of nitrogens with two attached hydrogens (primary N) is 1. The number of carbonyl (C=O) groups excluding carboxylic acids is 3. The van der Waals surface area contributed by atoms with Crippen molar-refractivity contribution in [1.82, 2.24) is 14.5 Å². The van der Waals surface area contributed by atoms with Gasteiger partial charge in [-0.3, -0.25) is 14.4 Å². The molecule has 2 aliphatic rings. The molecule has 1 aromatic heterocycles. The van der Waals surface area contributed by atoms with Crippen molar-refractivity contribution in [3.8, 4) is 0 Å². The summed E-state index contributed by atoms with van der Waals surface area (Å²) in [6.07, 6.45) is 1.66. The molecule has 2 amide bonds. The second-order valence-electron chi connectivity index (χ2n) is 6.10. The van der Waals surface area contributed by atoms with Crippen LogP contribution in [0.15, 0.2) is 30.5 Å². The van der Waals surface area contributed by atoms with Crippen LogP contribution in [-0.2, 0) is 17.9 Å². The highest BCUT2D eigenvalue weighted by Crippen LogP contribution is 2.35. The summed E-state index contributed by atoms with van der Waals surface area (Å²) >= 11 is 0. The lowest BCUT2D eigenvalue weighted by Gasteiger charge is -2.30. The summed E-state index contributed by atoms with van der Waals surface area (Å²) in [5.74, 6) is -0.364. The van der Waals surface area contributed by atoms with Crippen molar-refractivity contribution in [3.63, 3.8) is 0 Å². The Kier molecular flexibility index (Phi) is 3.23. The van der Waals surface area contributed by atoms with Gasteiger partial charge < -0.3 is 15.2 Å². The molecular weight excluding hydrogens is 308 g/mol. The van der Waals surface area contributed by atoms with E-state index < -0.39 is 11.8 Å². The molecule has 2 aromatic rings.